The quantitative estimate of drug-likeness (QED) is 0.654. The van der Waals surface area contributed by atoms with Crippen molar-refractivity contribution >= 4 is 28.3 Å². The Labute approximate surface area is 180 Å². The van der Waals surface area contributed by atoms with Crippen molar-refractivity contribution in [3.63, 3.8) is 0 Å². The Morgan fingerprint density at radius 1 is 1.29 bits per heavy atom. The maximum Gasteiger partial charge on any atom is 0.415 e. The highest BCUT2D eigenvalue weighted by atomic mass is 32.1. The normalized spacial score (nSPS) is 20.3. The lowest BCUT2D eigenvalue weighted by Crippen LogP contribution is -2.51. The van der Waals surface area contributed by atoms with Crippen LogP contribution in [0.1, 0.15) is 28.8 Å². The van der Waals surface area contributed by atoms with Gasteiger partial charge in [-0.2, -0.15) is 17.5 Å². The van der Waals surface area contributed by atoms with Gasteiger partial charge in [-0.25, -0.2) is 9.97 Å². The molecule has 2 aromatic heterocycles. The topological polar surface area (TPSA) is 94.2 Å². The average Bonchev–Trinajstić information content (AvgIpc) is 3.12. The number of carbonyl (C=O) groups excluding carboxylic acids is 1. The summed E-state index contributed by atoms with van der Waals surface area (Å²) in [5, 5.41) is 1.39. The summed E-state index contributed by atoms with van der Waals surface area (Å²) in [6, 6.07) is 7.03. The van der Waals surface area contributed by atoms with Gasteiger partial charge in [0.25, 0.3) is 5.91 Å². The van der Waals surface area contributed by atoms with E-state index in [4.69, 9.17) is 10.5 Å². The molecule has 1 fully saturated rings. The molecule has 0 aliphatic carbocycles. The number of morpholine rings is 1. The van der Waals surface area contributed by atoms with Crippen LogP contribution in [0.5, 0.6) is 0 Å². The van der Waals surface area contributed by atoms with E-state index in [-0.39, 0.29) is 12.2 Å². The molecular formula is C20H20F3N5O2S. The lowest BCUT2D eigenvalue weighted by atomic mass is 10.0. The molecule has 1 aliphatic heterocycles. The number of aryl methyl sites for hydroxylation is 1. The first-order valence-corrected chi connectivity index (χ1v) is 10.4. The molecule has 3 heterocycles. The van der Waals surface area contributed by atoms with Crippen molar-refractivity contribution in [2.24, 2.45) is 5.73 Å². The highest BCUT2D eigenvalue weighted by Crippen LogP contribution is 2.32. The molecule has 0 radical (unpaired) electrons. The predicted octanol–water partition coefficient (Wildman–Crippen LogP) is 3.31. The number of amides is 1. The second kappa shape index (κ2) is 8.13. The molecule has 4 rings (SSSR count). The van der Waals surface area contributed by atoms with Crippen LogP contribution < -0.4 is 5.73 Å². The molecule has 7 nitrogen and oxygen atoms in total. The Bertz CT molecular complexity index is 1130. The minimum absolute atomic E-state index is 0.0876. The van der Waals surface area contributed by atoms with E-state index in [0.29, 0.717) is 35.0 Å². The van der Waals surface area contributed by atoms with Crippen LogP contribution in [0, 0.1) is 6.92 Å². The number of primary amides is 1. The smallest absolute Gasteiger partial charge is 0.364 e. The number of nitrogens with two attached hydrogens (primary N) is 1. The Balaban J connectivity index is 1.68. The van der Waals surface area contributed by atoms with Crippen molar-refractivity contribution in [3.05, 3.63) is 41.3 Å². The Hall–Kier alpha value is -2.63. The first-order valence-electron chi connectivity index (χ1n) is 9.59. The van der Waals surface area contributed by atoms with E-state index in [0.717, 1.165) is 10.9 Å². The zero-order chi connectivity index (χ0) is 22.3. The fourth-order valence-corrected chi connectivity index (χ4v) is 4.39. The summed E-state index contributed by atoms with van der Waals surface area (Å²) >= 11 is 1.20. The van der Waals surface area contributed by atoms with Gasteiger partial charge in [0.05, 0.1) is 11.6 Å². The average molecular weight is 451 g/mol. The van der Waals surface area contributed by atoms with Gasteiger partial charge >= 0.3 is 6.18 Å². The molecule has 2 N–H and O–H groups in total. The van der Waals surface area contributed by atoms with Crippen LogP contribution in [0.2, 0.25) is 0 Å². The zero-order valence-corrected chi connectivity index (χ0v) is 17.6. The van der Waals surface area contributed by atoms with Gasteiger partial charge in [0.2, 0.25) is 0 Å². The molecule has 164 valence electrons. The summed E-state index contributed by atoms with van der Waals surface area (Å²) in [5.74, 6) is -0.0623. The van der Waals surface area contributed by atoms with Crippen molar-refractivity contribution in [1.82, 2.24) is 19.2 Å². The third kappa shape index (κ3) is 4.68. The molecule has 1 saturated heterocycles. The molecule has 0 bridgehead atoms. The number of rotatable bonds is 4. The summed E-state index contributed by atoms with van der Waals surface area (Å²) < 4.78 is 48.7. The minimum atomic E-state index is -4.41. The maximum atomic E-state index is 13.1. The highest BCUT2D eigenvalue weighted by Gasteiger charge is 2.44. The van der Waals surface area contributed by atoms with Crippen LogP contribution in [-0.2, 0) is 11.3 Å². The predicted molar refractivity (Wildman–Crippen MR) is 110 cm³/mol. The van der Waals surface area contributed by atoms with Crippen molar-refractivity contribution < 1.29 is 22.7 Å². The molecule has 2 unspecified atom stereocenters. The second-order valence-electron chi connectivity index (χ2n) is 7.59. The standard InChI is InChI=1S/C20H20F3N5O2S/c1-10-7-28(9-17(30-10)20(21,22)23)8-12-3-4-13-14(19-25-11(2)27-31-19)6-16(18(24)29)26-15(13)5-12/h3-6,10,17H,7-9H2,1-2H3,(H2,24,29). The third-order valence-electron chi connectivity index (χ3n) is 4.99. The van der Waals surface area contributed by atoms with E-state index in [2.05, 4.69) is 14.3 Å². The molecule has 2 atom stereocenters. The molecule has 31 heavy (non-hydrogen) atoms. The number of carbonyl (C=O) groups is 1. The number of hydrogen-bond acceptors (Lipinski definition) is 7. The van der Waals surface area contributed by atoms with Gasteiger partial charge in [0, 0.05) is 30.6 Å². The number of aromatic nitrogens is 3. The monoisotopic (exact) mass is 451 g/mol. The van der Waals surface area contributed by atoms with Crippen LogP contribution >= 0.6 is 11.5 Å². The minimum Gasteiger partial charge on any atom is -0.364 e. The van der Waals surface area contributed by atoms with Gasteiger partial charge in [-0.3, -0.25) is 9.69 Å². The fourth-order valence-electron chi connectivity index (χ4n) is 3.69. The number of pyridine rings is 1. The first kappa shape index (κ1) is 21.6. The molecular weight excluding hydrogens is 431 g/mol. The summed E-state index contributed by atoms with van der Waals surface area (Å²) in [5.41, 5.74) is 7.52. The summed E-state index contributed by atoms with van der Waals surface area (Å²) in [6.45, 7) is 3.84. The summed E-state index contributed by atoms with van der Waals surface area (Å²) in [4.78, 5) is 22.2. The van der Waals surface area contributed by atoms with Crippen LogP contribution in [0.25, 0.3) is 21.5 Å². The number of nitrogens with zero attached hydrogens (tertiary/aromatic N) is 4. The number of ether oxygens (including phenoxy) is 1. The van der Waals surface area contributed by atoms with Gasteiger partial charge in [0.15, 0.2) is 6.10 Å². The molecule has 0 saturated carbocycles. The van der Waals surface area contributed by atoms with Crippen LogP contribution in [-0.4, -0.2) is 56.6 Å². The molecule has 1 aromatic carbocycles. The first-order chi connectivity index (χ1) is 14.6. The Morgan fingerprint density at radius 3 is 2.71 bits per heavy atom. The lowest BCUT2D eigenvalue weighted by Gasteiger charge is -2.37. The van der Waals surface area contributed by atoms with E-state index in [1.807, 2.05) is 12.1 Å². The van der Waals surface area contributed by atoms with Crippen molar-refractivity contribution in [2.75, 3.05) is 13.1 Å². The van der Waals surface area contributed by atoms with Crippen LogP contribution in [0.15, 0.2) is 24.3 Å². The SMILES string of the molecule is Cc1nsc(-c2cc(C(N)=O)nc3cc(CN4CC(C)OC(C(F)(F)F)C4)ccc23)n1. The Morgan fingerprint density at radius 2 is 2.06 bits per heavy atom. The molecule has 1 aliphatic rings. The number of halogens is 3. The number of hydrogen-bond donors (Lipinski definition) is 1. The van der Waals surface area contributed by atoms with Gasteiger partial charge in [-0.1, -0.05) is 12.1 Å². The van der Waals surface area contributed by atoms with E-state index >= 15 is 0 Å². The lowest BCUT2D eigenvalue weighted by molar-refractivity contribution is -0.252. The zero-order valence-electron chi connectivity index (χ0n) is 16.8. The number of fused-ring (bicyclic) bond motifs is 1. The van der Waals surface area contributed by atoms with Crippen LogP contribution in [0.3, 0.4) is 0 Å². The van der Waals surface area contributed by atoms with E-state index in [1.165, 1.54) is 11.5 Å². The largest absolute Gasteiger partial charge is 0.415 e. The fraction of sp³-hybridized carbons (Fsp3) is 0.400. The second-order valence-corrected chi connectivity index (χ2v) is 8.34. The van der Waals surface area contributed by atoms with E-state index in [9.17, 15) is 18.0 Å². The third-order valence-corrected chi connectivity index (χ3v) is 5.83. The van der Waals surface area contributed by atoms with Gasteiger partial charge < -0.3 is 10.5 Å². The maximum absolute atomic E-state index is 13.1. The molecule has 11 heteroatoms. The van der Waals surface area contributed by atoms with Crippen molar-refractivity contribution in [1.29, 1.82) is 0 Å². The number of benzene rings is 1. The van der Waals surface area contributed by atoms with Crippen molar-refractivity contribution in [2.45, 2.75) is 38.8 Å². The molecule has 1 amide bonds. The van der Waals surface area contributed by atoms with Gasteiger partial charge in [-0.15, -0.1) is 0 Å². The van der Waals surface area contributed by atoms with Crippen molar-refractivity contribution in [3.8, 4) is 10.6 Å². The molecule has 3 aromatic rings. The summed E-state index contributed by atoms with van der Waals surface area (Å²) in [6.07, 6.45) is -6.76. The van der Waals surface area contributed by atoms with E-state index < -0.39 is 24.3 Å². The van der Waals surface area contributed by atoms with Crippen LogP contribution in [0.4, 0.5) is 13.2 Å². The molecule has 0 spiro atoms. The Kier molecular flexibility index (Phi) is 5.67. The van der Waals surface area contributed by atoms with Gasteiger partial charge in [0.1, 0.15) is 16.5 Å². The number of alkyl halides is 3. The highest BCUT2D eigenvalue weighted by molar-refractivity contribution is 7.09. The summed E-state index contributed by atoms with van der Waals surface area (Å²) in [7, 11) is 0. The van der Waals surface area contributed by atoms with E-state index in [1.54, 1.807) is 30.9 Å². The van der Waals surface area contributed by atoms with Gasteiger partial charge in [-0.05, 0) is 43.1 Å².